The number of benzene rings is 1. The summed E-state index contributed by atoms with van der Waals surface area (Å²) in [6.07, 6.45) is 4.19. The summed E-state index contributed by atoms with van der Waals surface area (Å²) < 4.78 is 5.82. The Morgan fingerprint density at radius 3 is 2.41 bits per heavy atom. The first-order chi connectivity index (χ1) is 8.15. The minimum Gasteiger partial charge on any atom is -0.493 e. The molecule has 0 saturated heterocycles. The molecule has 0 atom stereocenters. The van der Waals surface area contributed by atoms with Gasteiger partial charge >= 0.3 is 0 Å². The van der Waals surface area contributed by atoms with Crippen molar-refractivity contribution in [3.8, 4) is 5.75 Å². The Morgan fingerprint density at radius 1 is 1.00 bits per heavy atom. The molecule has 0 fully saturated rings. The third kappa shape index (κ3) is 4.78. The summed E-state index contributed by atoms with van der Waals surface area (Å²) in [5.41, 5.74) is 3.79. The third-order valence-electron chi connectivity index (χ3n) is 3.07. The number of aliphatic hydroxyl groups is 1. The molecule has 0 bridgehead atoms. The van der Waals surface area contributed by atoms with E-state index in [1.807, 2.05) is 0 Å². The van der Waals surface area contributed by atoms with Crippen LogP contribution in [0.3, 0.4) is 0 Å². The molecule has 0 aliphatic heterocycles. The van der Waals surface area contributed by atoms with Crippen molar-refractivity contribution in [1.29, 1.82) is 0 Å². The second-order valence-corrected chi connectivity index (χ2v) is 4.69. The maximum Gasteiger partial charge on any atom is 0.122 e. The van der Waals surface area contributed by atoms with Gasteiger partial charge in [-0.3, -0.25) is 0 Å². The highest BCUT2D eigenvalue weighted by Gasteiger charge is 2.03. The monoisotopic (exact) mass is 236 g/mol. The van der Waals surface area contributed by atoms with Crippen LogP contribution in [-0.2, 0) is 0 Å². The number of unbranched alkanes of at least 4 members (excludes halogenated alkanes) is 3. The number of hydrogen-bond donors (Lipinski definition) is 1. The zero-order valence-electron chi connectivity index (χ0n) is 11.3. The van der Waals surface area contributed by atoms with Crippen LogP contribution in [0.2, 0.25) is 0 Å². The van der Waals surface area contributed by atoms with Crippen molar-refractivity contribution in [1.82, 2.24) is 0 Å². The summed E-state index contributed by atoms with van der Waals surface area (Å²) in [5, 5.41) is 8.67. The summed E-state index contributed by atoms with van der Waals surface area (Å²) in [6, 6.07) is 4.29. The van der Waals surface area contributed by atoms with E-state index < -0.39 is 0 Å². The Bertz CT molecular complexity index is 345. The predicted molar refractivity (Wildman–Crippen MR) is 71.7 cm³/mol. The average Bonchev–Trinajstić information content (AvgIpc) is 2.29. The van der Waals surface area contributed by atoms with E-state index in [0.29, 0.717) is 6.61 Å². The molecule has 1 N–H and O–H groups in total. The lowest BCUT2D eigenvalue weighted by atomic mass is 10.1. The van der Waals surface area contributed by atoms with Gasteiger partial charge in [0.25, 0.3) is 0 Å². The normalized spacial score (nSPS) is 10.6. The number of aliphatic hydroxyl groups excluding tert-OH is 1. The topological polar surface area (TPSA) is 29.5 Å². The van der Waals surface area contributed by atoms with Gasteiger partial charge in [-0.1, -0.05) is 12.5 Å². The maximum atomic E-state index is 8.67. The van der Waals surface area contributed by atoms with Gasteiger partial charge in [0.1, 0.15) is 5.75 Å². The Kier molecular flexibility index (Phi) is 6.06. The van der Waals surface area contributed by atoms with E-state index in [9.17, 15) is 0 Å². The number of hydrogen-bond acceptors (Lipinski definition) is 2. The van der Waals surface area contributed by atoms with Gasteiger partial charge in [-0.2, -0.15) is 0 Å². The van der Waals surface area contributed by atoms with E-state index >= 15 is 0 Å². The predicted octanol–water partition coefficient (Wildman–Crippen LogP) is 3.54. The molecule has 0 aromatic heterocycles. The van der Waals surface area contributed by atoms with Crippen molar-refractivity contribution in [2.24, 2.45) is 0 Å². The molecule has 0 aliphatic rings. The van der Waals surface area contributed by atoms with Crippen LogP contribution >= 0.6 is 0 Å². The van der Waals surface area contributed by atoms with E-state index in [0.717, 1.165) is 38.0 Å². The first kappa shape index (κ1) is 14.0. The molecular weight excluding hydrogens is 212 g/mol. The van der Waals surface area contributed by atoms with Gasteiger partial charge in [0.2, 0.25) is 0 Å². The molecule has 17 heavy (non-hydrogen) atoms. The van der Waals surface area contributed by atoms with Crippen LogP contribution in [0.25, 0.3) is 0 Å². The van der Waals surface area contributed by atoms with Gasteiger partial charge in [-0.25, -0.2) is 0 Å². The molecule has 0 unspecified atom stereocenters. The van der Waals surface area contributed by atoms with Crippen LogP contribution < -0.4 is 4.74 Å². The molecule has 0 amide bonds. The highest BCUT2D eigenvalue weighted by molar-refractivity contribution is 5.41. The zero-order valence-corrected chi connectivity index (χ0v) is 11.3. The number of aryl methyl sites for hydroxylation is 2. The SMILES string of the molecule is Cc1cc(C)c(C)c(OCCCCCCO)c1. The molecule has 0 spiro atoms. The lowest BCUT2D eigenvalue weighted by Gasteiger charge is -2.12. The van der Waals surface area contributed by atoms with Crippen LogP contribution in [0.1, 0.15) is 42.4 Å². The summed E-state index contributed by atoms with van der Waals surface area (Å²) in [6.45, 7) is 7.40. The quantitative estimate of drug-likeness (QED) is 0.734. The third-order valence-corrected chi connectivity index (χ3v) is 3.07. The summed E-state index contributed by atoms with van der Waals surface area (Å²) in [7, 11) is 0. The zero-order chi connectivity index (χ0) is 12.7. The van der Waals surface area contributed by atoms with Gasteiger partial charge < -0.3 is 9.84 Å². The van der Waals surface area contributed by atoms with Crippen LogP contribution in [-0.4, -0.2) is 18.3 Å². The van der Waals surface area contributed by atoms with Crippen molar-refractivity contribution in [3.05, 3.63) is 28.8 Å². The Balaban J connectivity index is 2.36. The smallest absolute Gasteiger partial charge is 0.122 e. The van der Waals surface area contributed by atoms with E-state index in [1.165, 1.54) is 16.7 Å². The van der Waals surface area contributed by atoms with Gasteiger partial charge in [-0.15, -0.1) is 0 Å². The van der Waals surface area contributed by atoms with Crippen LogP contribution in [0.4, 0.5) is 0 Å². The molecule has 2 heteroatoms. The Hall–Kier alpha value is -1.02. The minimum absolute atomic E-state index is 0.303. The first-order valence-electron chi connectivity index (χ1n) is 6.46. The lowest BCUT2D eigenvalue weighted by Crippen LogP contribution is -2.00. The molecule has 0 aliphatic carbocycles. The van der Waals surface area contributed by atoms with Crippen molar-refractivity contribution in [2.45, 2.75) is 46.5 Å². The Morgan fingerprint density at radius 2 is 1.71 bits per heavy atom. The van der Waals surface area contributed by atoms with E-state index in [2.05, 4.69) is 32.9 Å². The fraction of sp³-hybridized carbons (Fsp3) is 0.600. The minimum atomic E-state index is 0.303. The van der Waals surface area contributed by atoms with Gasteiger partial charge in [0.15, 0.2) is 0 Å². The van der Waals surface area contributed by atoms with Gasteiger partial charge in [0.05, 0.1) is 6.61 Å². The number of rotatable bonds is 7. The molecule has 96 valence electrons. The molecule has 2 nitrogen and oxygen atoms in total. The van der Waals surface area contributed by atoms with Gasteiger partial charge in [-0.05, 0) is 62.8 Å². The van der Waals surface area contributed by atoms with E-state index in [1.54, 1.807) is 0 Å². The highest BCUT2D eigenvalue weighted by atomic mass is 16.5. The Labute approximate surface area is 105 Å². The lowest BCUT2D eigenvalue weighted by molar-refractivity contribution is 0.273. The second-order valence-electron chi connectivity index (χ2n) is 4.69. The van der Waals surface area contributed by atoms with Crippen molar-refractivity contribution in [3.63, 3.8) is 0 Å². The maximum absolute atomic E-state index is 8.67. The van der Waals surface area contributed by atoms with Crippen molar-refractivity contribution >= 4 is 0 Å². The second kappa shape index (κ2) is 7.33. The average molecular weight is 236 g/mol. The van der Waals surface area contributed by atoms with Crippen molar-refractivity contribution in [2.75, 3.05) is 13.2 Å². The van der Waals surface area contributed by atoms with Crippen LogP contribution in [0, 0.1) is 20.8 Å². The standard InChI is InChI=1S/C15H24O2/c1-12-10-13(2)14(3)15(11-12)17-9-7-5-4-6-8-16/h10-11,16H,4-9H2,1-3H3. The summed E-state index contributed by atoms with van der Waals surface area (Å²) in [4.78, 5) is 0. The fourth-order valence-electron chi connectivity index (χ4n) is 1.90. The number of ether oxygens (including phenoxy) is 1. The largest absolute Gasteiger partial charge is 0.493 e. The summed E-state index contributed by atoms with van der Waals surface area (Å²) in [5.74, 6) is 1.02. The van der Waals surface area contributed by atoms with Crippen LogP contribution in [0.5, 0.6) is 5.75 Å². The van der Waals surface area contributed by atoms with Gasteiger partial charge in [0, 0.05) is 6.61 Å². The molecule has 1 aromatic carbocycles. The molecule has 1 aromatic rings. The molecule has 1 rings (SSSR count). The molecule has 0 saturated carbocycles. The van der Waals surface area contributed by atoms with Crippen LogP contribution in [0.15, 0.2) is 12.1 Å². The fourth-order valence-corrected chi connectivity index (χ4v) is 1.90. The van der Waals surface area contributed by atoms with E-state index in [-0.39, 0.29) is 0 Å². The summed E-state index contributed by atoms with van der Waals surface area (Å²) >= 11 is 0. The molecule has 0 heterocycles. The van der Waals surface area contributed by atoms with E-state index in [4.69, 9.17) is 9.84 Å². The highest BCUT2D eigenvalue weighted by Crippen LogP contribution is 2.23. The first-order valence-corrected chi connectivity index (χ1v) is 6.46. The molecule has 0 radical (unpaired) electrons. The van der Waals surface area contributed by atoms with Crippen molar-refractivity contribution < 1.29 is 9.84 Å². The molecular formula is C15H24O2.